The number of nitrogens with one attached hydrogen (secondary N) is 1. The number of carbonyl (C=O) groups is 2. The Labute approximate surface area is 195 Å². The van der Waals surface area contributed by atoms with Gasteiger partial charge in [0.15, 0.2) is 0 Å². The van der Waals surface area contributed by atoms with Gasteiger partial charge in [0.05, 0.1) is 16.8 Å². The van der Waals surface area contributed by atoms with Gasteiger partial charge in [-0.1, -0.05) is 32.9 Å². The molecule has 4 rings (SSSR count). The number of aromatic nitrogens is 2. The van der Waals surface area contributed by atoms with Crippen LogP contribution < -0.4 is 5.56 Å². The van der Waals surface area contributed by atoms with Crippen LogP contribution in [0.25, 0.3) is 11.3 Å². The summed E-state index contributed by atoms with van der Waals surface area (Å²) in [5, 5.41) is 3.24. The number of aryl methyl sites for hydroxylation is 3. The maximum absolute atomic E-state index is 13.8. The number of carbonyl (C=O) groups excluding carboxylic acids is 2. The largest absolute Gasteiger partial charge is 0.366 e. The van der Waals surface area contributed by atoms with Crippen molar-refractivity contribution in [2.24, 2.45) is 5.92 Å². The van der Waals surface area contributed by atoms with Crippen molar-refractivity contribution >= 4 is 17.4 Å². The van der Waals surface area contributed by atoms with Crippen LogP contribution >= 0.6 is 0 Å². The van der Waals surface area contributed by atoms with Gasteiger partial charge < -0.3 is 4.90 Å². The molecule has 7 heteroatoms. The summed E-state index contributed by atoms with van der Waals surface area (Å²) in [6.07, 6.45) is 3.15. The average Bonchev–Trinajstić information content (AvgIpc) is 3.24. The maximum Gasteiger partial charge on any atom is 0.279 e. The number of imide groups is 1. The molecule has 0 aliphatic carbocycles. The van der Waals surface area contributed by atoms with Gasteiger partial charge in [0, 0.05) is 25.3 Å². The zero-order chi connectivity index (χ0) is 23.9. The van der Waals surface area contributed by atoms with E-state index in [9.17, 15) is 14.4 Å². The Balaban J connectivity index is 1.93. The predicted octanol–water partition coefficient (Wildman–Crippen LogP) is 3.57. The second-order valence-corrected chi connectivity index (χ2v) is 9.40. The van der Waals surface area contributed by atoms with E-state index in [1.54, 1.807) is 0 Å². The molecule has 0 unspecified atom stereocenters. The molecule has 2 amide bonds. The normalized spacial score (nSPS) is 17.6. The number of hydrogen-bond donors (Lipinski definition) is 1. The number of H-pyrrole nitrogens is 1. The summed E-state index contributed by atoms with van der Waals surface area (Å²) in [5.41, 5.74) is 4.17. The number of aromatic amines is 1. The van der Waals surface area contributed by atoms with E-state index in [4.69, 9.17) is 0 Å². The van der Waals surface area contributed by atoms with Crippen molar-refractivity contribution in [1.82, 2.24) is 19.6 Å². The molecule has 3 heterocycles. The first-order valence-electron chi connectivity index (χ1n) is 12.1. The van der Waals surface area contributed by atoms with Gasteiger partial charge in [-0.05, 0) is 62.6 Å². The summed E-state index contributed by atoms with van der Waals surface area (Å²) in [6.45, 7) is 11.8. The molecule has 2 aliphatic rings. The van der Waals surface area contributed by atoms with Crippen molar-refractivity contribution in [3.05, 3.63) is 56.6 Å². The number of nitrogens with zero attached hydrogens (tertiary/aromatic N) is 3. The van der Waals surface area contributed by atoms with E-state index in [0.717, 1.165) is 42.7 Å². The highest BCUT2D eigenvalue weighted by atomic mass is 16.2. The van der Waals surface area contributed by atoms with E-state index in [2.05, 4.69) is 12.0 Å². The van der Waals surface area contributed by atoms with Crippen molar-refractivity contribution < 1.29 is 9.59 Å². The molecule has 2 aliphatic heterocycles. The first-order chi connectivity index (χ1) is 15.8. The minimum atomic E-state index is -0.352. The fourth-order valence-electron chi connectivity index (χ4n) is 4.87. The van der Waals surface area contributed by atoms with E-state index < -0.39 is 0 Å². The molecule has 1 saturated heterocycles. The monoisotopic (exact) mass is 450 g/mol. The minimum absolute atomic E-state index is 0.269. The summed E-state index contributed by atoms with van der Waals surface area (Å²) in [6, 6.07) is 5.95. The van der Waals surface area contributed by atoms with Crippen LogP contribution in [0.1, 0.15) is 62.4 Å². The van der Waals surface area contributed by atoms with Gasteiger partial charge in [0.25, 0.3) is 17.4 Å². The van der Waals surface area contributed by atoms with Crippen molar-refractivity contribution in [2.45, 2.75) is 60.3 Å². The second kappa shape index (κ2) is 9.04. The molecule has 2 aromatic rings. The first-order valence-corrected chi connectivity index (χ1v) is 12.1. The van der Waals surface area contributed by atoms with Gasteiger partial charge in [-0.2, -0.15) is 0 Å². The van der Waals surface area contributed by atoms with Crippen molar-refractivity contribution in [1.29, 1.82) is 0 Å². The number of likely N-dealkylation sites (tertiary alicyclic amines) is 1. The lowest BCUT2D eigenvalue weighted by molar-refractivity contribution is -0.137. The Kier molecular flexibility index (Phi) is 6.32. The lowest BCUT2D eigenvalue weighted by Crippen LogP contribution is -2.38. The lowest BCUT2D eigenvalue weighted by atomic mass is 9.97. The Morgan fingerprint density at radius 2 is 1.73 bits per heavy atom. The fraction of sp³-hybridized carbons (Fsp3) is 0.500. The van der Waals surface area contributed by atoms with Crippen LogP contribution in [0.15, 0.2) is 28.7 Å². The fourth-order valence-corrected chi connectivity index (χ4v) is 4.87. The summed E-state index contributed by atoms with van der Waals surface area (Å²) < 4.78 is 1.53. The molecular formula is C26H34N4O3. The number of hydrogen-bond acceptors (Lipinski definition) is 4. The molecule has 0 spiro atoms. The topological polar surface area (TPSA) is 78.4 Å². The average molecular weight is 451 g/mol. The third-order valence-corrected chi connectivity index (χ3v) is 6.87. The standard InChI is InChI=1S/C26H34N4O3/c1-6-12-29-24(31)22(23(26(29)33)28-13-10-16(3)11-14-28)21-19(7-2)27-30(25(21)32)20-15-17(4)8-9-18(20)5/h8-9,15-16,27H,6-7,10-14H2,1-5H3. The highest BCUT2D eigenvalue weighted by Gasteiger charge is 2.44. The summed E-state index contributed by atoms with van der Waals surface area (Å²) in [5.74, 6) is -0.0361. The number of benzene rings is 1. The lowest BCUT2D eigenvalue weighted by Gasteiger charge is -2.32. The van der Waals surface area contributed by atoms with Gasteiger partial charge in [-0.3, -0.25) is 24.4 Å². The smallest absolute Gasteiger partial charge is 0.279 e. The van der Waals surface area contributed by atoms with Crippen LogP contribution in [0, 0.1) is 19.8 Å². The Morgan fingerprint density at radius 1 is 1.03 bits per heavy atom. The molecule has 0 atom stereocenters. The molecule has 1 N–H and O–H groups in total. The van der Waals surface area contributed by atoms with Gasteiger partial charge in [-0.25, -0.2) is 4.68 Å². The van der Waals surface area contributed by atoms with Crippen LogP contribution in [0.3, 0.4) is 0 Å². The molecule has 1 aromatic heterocycles. The molecule has 1 aromatic carbocycles. The molecule has 7 nitrogen and oxygen atoms in total. The maximum atomic E-state index is 13.8. The molecule has 33 heavy (non-hydrogen) atoms. The Hall–Kier alpha value is -3.09. The highest BCUT2D eigenvalue weighted by molar-refractivity contribution is 6.35. The molecule has 0 bridgehead atoms. The Morgan fingerprint density at radius 3 is 2.36 bits per heavy atom. The van der Waals surface area contributed by atoms with Crippen LogP contribution in [-0.4, -0.2) is 51.0 Å². The molecule has 176 valence electrons. The zero-order valence-corrected chi connectivity index (χ0v) is 20.3. The zero-order valence-electron chi connectivity index (χ0n) is 20.3. The SMILES string of the molecule is CCCN1C(=O)C(c2c(CC)[nH]n(-c3cc(C)ccc3C)c2=O)=C(N2CCC(C)CC2)C1=O. The van der Waals surface area contributed by atoms with E-state index >= 15 is 0 Å². The molecule has 1 fully saturated rings. The third-order valence-electron chi connectivity index (χ3n) is 6.87. The molecular weight excluding hydrogens is 416 g/mol. The Bertz CT molecular complexity index is 1180. The van der Waals surface area contributed by atoms with Gasteiger partial charge in [-0.15, -0.1) is 0 Å². The van der Waals surface area contributed by atoms with Crippen LogP contribution in [0.4, 0.5) is 0 Å². The number of amides is 2. The molecule has 0 saturated carbocycles. The number of piperidine rings is 1. The van der Waals surface area contributed by atoms with Gasteiger partial charge in [0.1, 0.15) is 5.70 Å². The van der Waals surface area contributed by atoms with E-state index in [-0.39, 0.29) is 22.9 Å². The third kappa shape index (κ3) is 3.94. The first kappa shape index (κ1) is 23.1. The van der Waals surface area contributed by atoms with Gasteiger partial charge >= 0.3 is 0 Å². The quantitative estimate of drug-likeness (QED) is 0.683. The van der Waals surface area contributed by atoms with Crippen molar-refractivity contribution in [3.8, 4) is 5.69 Å². The van der Waals surface area contributed by atoms with Crippen LogP contribution in [0.5, 0.6) is 0 Å². The van der Waals surface area contributed by atoms with Gasteiger partial charge in [0.2, 0.25) is 0 Å². The predicted molar refractivity (Wildman–Crippen MR) is 129 cm³/mol. The van der Waals surface area contributed by atoms with Crippen molar-refractivity contribution in [2.75, 3.05) is 19.6 Å². The van der Waals surface area contributed by atoms with E-state index in [1.807, 2.05) is 50.8 Å². The van der Waals surface area contributed by atoms with E-state index in [0.29, 0.717) is 42.3 Å². The highest BCUT2D eigenvalue weighted by Crippen LogP contribution is 2.34. The minimum Gasteiger partial charge on any atom is -0.366 e. The summed E-state index contributed by atoms with van der Waals surface area (Å²) >= 11 is 0. The van der Waals surface area contributed by atoms with Crippen LogP contribution in [0.2, 0.25) is 0 Å². The van der Waals surface area contributed by atoms with Crippen LogP contribution in [-0.2, 0) is 16.0 Å². The summed E-state index contributed by atoms with van der Waals surface area (Å²) in [7, 11) is 0. The second-order valence-electron chi connectivity index (χ2n) is 9.40. The summed E-state index contributed by atoms with van der Waals surface area (Å²) in [4.78, 5) is 44.2. The van der Waals surface area contributed by atoms with E-state index in [1.165, 1.54) is 9.58 Å². The van der Waals surface area contributed by atoms with Crippen molar-refractivity contribution in [3.63, 3.8) is 0 Å². The number of rotatable bonds is 6. The molecule has 0 radical (unpaired) electrons.